The van der Waals surface area contributed by atoms with Gasteiger partial charge >= 0.3 is 0 Å². The Kier molecular flexibility index (Phi) is 2.30. The minimum atomic E-state index is 1.00. The van der Waals surface area contributed by atoms with Crippen LogP contribution < -0.4 is 0 Å². The van der Waals surface area contributed by atoms with Gasteiger partial charge in [-0.2, -0.15) is 0 Å². The van der Waals surface area contributed by atoms with Crippen LogP contribution in [-0.4, -0.2) is 14.5 Å². The molecule has 2 heterocycles. The number of rotatable bonds is 1. The van der Waals surface area contributed by atoms with Crippen LogP contribution in [0.4, 0.5) is 0 Å². The van der Waals surface area contributed by atoms with Gasteiger partial charge in [-0.05, 0) is 34.7 Å². The lowest BCUT2D eigenvalue weighted by Crippen LogP contribution is -1.90. The van der Waals surface area contributed by atoms with Gasteiger partial charge in [0.2, 0.25) is 0 Å². The molecule has 0 saturated heterocycles. The zero-order valence-corrected chi connectivity index (χ0v) is 9.26. The molecule has 0 aliphatic rings. The first kappa shape index (κ1) is 8.68. The average molecular weight is 285 g/mol. The van der Waals surface area contributed by atoms with Gasteiger partial charge in [-0.3, -0.25) is 0 Å². The highest BCUT2D eigenvalue weighted by molar-refractivity contribution is 14.1. The van der Waals surface area contributed by atoms with Crippen molar-refractivity contribution in [3.05, 3.63) is 34.6 Å². The van der Waals surface area contributed by atoms with Gasteiger partial charge in [0.1, 0.15) is 3.70 Å². The first-order valence-electron chi connectivity index (χ1n) is 3.85. The molecule has 0 spiro atoms. The van der Waals surface area contributed by atoms with Crippen LogP contribution in [0, 0.1) is 3.70 Å². The Hall–Kier alpha value is -0.910. The predicted octanol–water partition coefficient (Wildman–Crippen LogP) is 2.09. The Labute approximate surface area is 90.0 Å². The van der Waals surface area contributed by atoms with E-state index in [1.165, 1.54) is 0 Å². The van der Waals surface area contributed by atoms with Crippen LogP contribution in [0.5, 0.6) is 0 Å². The van der Waals surface area contributed by atoms with E-state index in [2.05, 4.69) is 32.6 Å². The van der Waals surface area contributed by atoms with Crippen LogP contribution in [0.15, 0.2) is 30.9 Å². The Bertz CT molecular complexity index is 405. The van der Waals surface area contributed by atoms with Crippen LogP contribution in [0.2, 0.25) is 0 Å². The Morgan fingerprint density at radius 2 is 2.15 bits per heavy atom. The molecule has 0 aromatic carbocycles. The van der Waals surface area contributed by atoms with E-state index in [0.29, 0.717) is 0 Å². The molecule has 0 radical (unpaired) electrons. The van der Waals surface area contributed by atoms with Gasteiger partial charge in [-0.15, -0.1) is 0 Å². The van der Waals surface area contributed by atoms with Crippen molar-refractivity contribution in [3.8, 4) is 11.3 Å². The quantitative estimate of drug-likeness (QED) is 0.593. The van der Waals surface area contributed by atoms with E-state index >= 15 is 0 Å². The van der Waals surface area contributed by atoms with Crippen molar-refractivity contribution in [2.75, 3.05) is 0 Å². The molecule has 66 valence electrons. The number of imidazole rings is 1. The van der Waals surface area contributed by atoms with Gasteiger partial charge in [0.05, 0.1) is 18.2 Å². The van der Waals surface area contributed by atoms with Crippen molar-refractivity contribution >= 4 is 22.6 Å². The second-order valence-electron chi connectivity index (χ2n) is 2.76. The van der Waals surface area contributed by atoms with Gasteiger partial charge in [0.25, 0.3) is 0 Å². The molecule has 0 amide bonds. The lowest BCUT2D eigenvalue weighted by Gasteiger charge is -2.00. The molecular formula is C9H8IN3. The van der Waals surface area contributed by atoms with Gasteiger partial charge in [-0.25, -0.2) is 9.97 Å². The van der Waals surface area contributed by atoms with E-state index < -0.39 is 0 Å². The summed E-state index contributed by atoms with van der Waals surface area (Å²) in [6.07, 6.45) is 5.48. The van der Waals surface area contributed by atoms with E-state index in [-0.39, 0.29) is 0 Å². The molecule has 4 heteroatoms. The largest absolute Gasteiger partial charge is 0.334 e. The lowest BCUT2D eigenvalue weighted by molar-refractivity contribution is 0.920. The number of pyridine rings is 1. The lowest BCUT2D eigenvalue weighted by atomic mass is 10.2. The van der Waals surface area contributed by atoms with Gasteiger partial charge in [0.15, 0.2) is 0 Å². The average Bonchev–Trinajstić information content (AvgIpc) is 2.53. The summed E-state index contributed by atoms with van der Waals surface area (Å²) in [7, 11) is 1.97. The Morgan fingerprint density at radius 1 is 1.31 bits per heavy atom. The fraction of sp³-hybridized carbons (Fsp3) is 0.111. The normalized spacial score (nSPS) is 10.3. The summed E-state index contributed by atoms with van der Waals surface area (Å²) in [5.41, 5.74) is 2.18. The fourth-order valence-corrected chi connectivity index (χ4v) is 1.48. The molecule has 2 rings (SSSR count). The summed E-state index contributed by atoms with van der Waals surface area (Å²) in [5.74, 6) is 0. The number of aromatic nitrogens is 3. The van der Waals surface area contributed by atoms with Crippen molar-refractivity contribution < 1.29 is 0 Å². The van der Waals surface area contributed by atoms with E-state index in [9.17, 15) is 0 Å². The number of halogens is 1. The molecule has 0 unspecified atom stereocenters. The van der Waals surface area contributed by atoms with Crippen LogP contribution in [-0.2, 0) is 7.05 Å². The zero-order chi connectivity index (χ0) is 9.26. The standard InChI is InChI=1S/C9H8IN3/c1-13-6-11-5-8(13)7-2-3-9(10)12-4-7/h2-6H,1H3. The third-order valence-electron chi connectivity index (χ3n) is 1.84. The first-order chi connectivity index (χ1) is 6.27. The van der Waals surface area contributed by atoms with Crippen molar-refractivity contribution in [1.29, 1.82) is 0 Å². The number of aryl methyl sites for hydroxylation is 1. The summed E-state index contributed by atoms with van der Waals surface area (Å²) >= 11 is 2.19. The molecule has 3 nitrogen and oxygen atoms in total. The van der Waals surface area contributed by atoms with Crippen LogP contribution in [0.1, 0.15) is 0 Å². The SMILES string of the molecule is Cn1cncc1-c1ccc(I)nc1. The molecule has 0 atom stereocenters. The molecule has 0 aliphatic heterocycles. The summed E-state index contributed by atoms with van der Waals surface area (Å²) in [5, 5.41) is 0. The molecule has 0 N–H and O–H groups in total. The minimum Gasteiger partial charge on any atom is -0.334 e. The number of hydrogen-bond donors (Lipinski definition) is 0. The second kappa shape index (κ2) is 3.45. The molecule has 0 aliphatic carbocycles. The molecular weight excluding hydrogens is 277 g/mol. The van der Waals surface area contributed by atoms with Gasteiger partial charge < -0.3 is 4.57 Å². The third kappa shape index (κ3) is 1.72. The van der Waals surface area contributed by atoms with E-state index in [4.69, 9.17) is 0 Å². The smallest absolute Gasteiger partial charge is 0.101 e. The summed E-state index contributed by atoms with van der Waals surface area (Å²) in [6.45, 7) is 0. The maximum absolute atomic E-state index is 4.22. The van der Waals surface area contributed by atoms with Gasteiger partial charge in [-0.1, -0.05) is 0 Å². The highest BCUT2D eigenvalue weighted by atomic mass is 127. The third-order valence-corrected chi connectivity index (χ3v) is 2.48. The van der Waals surface area contributed by atoms with E-state index in [0.717, 1.165) is 15.0 Å². The maximum atomic E-state index is 4.22. The summed E-state index contributed by atoms with van der Waals surface area (Å²) in [4.78, 5) is 8.28. The van der Waals surface area contributed by atoms with E-state index in [1.807, 2.05) is 36.1 Å². The van der Waals surface area contributed by atoms with Crippen LogP contribution >= 0.6 is 22.6 Å². The summed E-state index contributed by atoms with van der Waals surface area (Å²) < 4.78 is 2.98. The zero-order valence-electron chi connectivity index (χ0n) is 7.11. The Morgan fingerprint density at radius 3 is 2.69 bits per heavy atom. The topological polar surface area (TPSA) is 30.7 Å². The van der Waals surface area contributed by atoms with Crippen molar-refractivity contribution in [2.24, 2.45) is 7.05 Å². The van der Waals surface area contributed by atoms with Crippen LogP contribution in [0.25, 0.3) is 11.3 Å². The number of nitrogens with zero attached hydrogens (tertiary/aromatic N) is 3. The van der Waals surface area contributed by atoms with Crippen molar-refractivity contribution in [2.45, 2.75) is 0 Å². The van der Waals surface area contributed by atoms with Crippen LogP contribution in [0.3, 0.4) is 0 Å². The first-order valence-corrected chi connectivity index (χ1v) is 4.93. The maximum Gasteiger partial charge on any atom is 0.101 e. The van der Waals surface area contributed by atoms with Crippen molar-refractivity contribution in [3.63, 3.8) is 0 Å². The molecule has 0 bridgehead atoms. The monoisotopic (exact) mass is 285 g/mol. The second-order valence-corrected chi connectivity index (χ2v) is 3.86. The summed E-state index contributed by atoms with van der Waals surface area (Å²) in [6, 6.07) is 4.04. The van der Waals surface area contributed by atoms with Gasteiger partial charge in [0, 0.05) is 18.8 Å². The molecule has 13 heavy (non-hydrogen) atoms. The highest BCUT2D eigenvalue weighted by Gasteiger charge is 2.01. The predicted molar refractivity (Wildman–Crippen MR) is 59.2 cm³/mol. The molecule has 2 aromatic rings. The fourth-order valence-electron chi connectivity index (χ4n) is 1.16. The highest BCUT2D eigenvalue weighted by Crippen LogP contribution is 2.17. The Balaban J connectivity index is 2.47. The molecule has 0 saturated carbocycles. The molecule has 2 aromatic heterocycles. The van der Waals surface area contributed by atoms with Crippen molar-refractivity contribution in [1.82, 2.24) is 14.5 Å². The van der Waals surface area contributed by atoms with E-state index in [1.54, 1.807) is 6.33 Å². The number of hydrogen-bond acceptors (Lipinski definition) is 2. The molecule has 0 fully saturated rings. The minimum absolute atomic E-state index is 1.00.